The summed E-state index contributed by atoms with van der Waals surface area (Å²) in [5.74, 6) is 4.31. The van der Waals surface area contributed by atoms with Gasteiger partial charge < -0.3 is 59.4 Å². The van der Waals surface area contributed by atoms with Crippen molar-refractivity contribution >= 4 is 37.0 Å². The van der Waals surface area contributed by atoms with Crippen LogP contribution in [0.4, 0.5) is 9.59 Å². The smallest absolute Gasteiger partial charge is 0.410 e. The van der Waals surface area contributed by atoms with E-state index in [1.807, 2.05) is 72.8 Å². The highest BCUT2D eigenvalue weighted by molar-refractivity contribution is 5.85. The fraction of sp³-hybridized carbons (Fsp3) is 0.631. The highest BCUT2D eigenvalue weighted by Gasteiger charge is 2.34. The number of nitrogens with two attached hydrogens (primary N) is 1. The molecule has 5 heterocycles. The van der Waals surface area contributed by atoms with Gasteiger partial charge in [-0.3, -0.25) is 9.78 Å². The van der Waals surface area contributed by atoms with Gasteiger partial charge in [-0.05, 0) is 163 Å². The lowest BCUT2D eigenvalue weighted by Gasteiger charge is -2.38. The number of carbonyl (C=O) groups excluding carboxylic acids is 2. The van der Waals surface area contributed by atoms with Crippen molar-refractivity contribution in [1.82, 2.24) is 25.1 Å². The summed E-state index contributed by atoms with van der Waals surface area (Å²) in [6, 6.07) is 26.6. The van der Waals surface area contributed by atoms with Crippen molar-refractivity contribution in [1.29, 1.82) is 0 Å². The van der Waals surface area contributed by atoms with E-state index >= 15 is 0 Å². The van der Waals surface area contributed by atoms with Crippen LogP contribution in [0.1, 0.15) is 142 Å². The van der Waals surface area contributed by atoms with Crippen LogP contribution in [0.2, 0.25) is 0 Å². The molecule has 0 bridgehead atoms. The van der Waals surface area contributed by atoms with Gasteiger partial charge in [-0.2, -0.15) is 0 Å². The molecule has 16 nitrogen and oxygen atoms in total. The molecule has 3 saturated heterocycles. The van der Waals surface area contributed by atoms with Crippen molar-refractivity contribution in [2.45, 2.75) is 199 Å². The highest BCUT2D eigenvalue weighted by atomic mass is 35.5. The van der Waals surface area contributed by atoms with E-state index < -0.39 is 0 Å². The Balaban J connectivity index is 0.000000192. The zero-order chi connectivity index (χ0) is 57.2. The molecule has 4 aromatic rings. The third-order valence-electron chi connectivity index (χ3n) is 16.4. The van der Waals surface area contributed by atoms with Gasteiger partial charge in [0.25, 0.3) is 0 Å². The van der Waals surface area contributed by atoms with Crippen LogP contribution in [-0.2, 0) is 36.9 Å². The minimum atomic E-state index is -0.229. The SMILES string of the molecule is CC1CC(O)C1.CC1CC(OC2CCN(C(=O)OCc3ccccc3)CC2)C1.CC1CC(OC2CCNCC2)C1.CC1CC(Oc2ccncc2)C1.Cl.Cl.NC1CC(OC2CCN(C(=O)OCc3ccccc3)CC2)C1.O=c1cc[nH]cc1. The Morgan fingerprint density at radius 2 is 0.916 bits per heavy atom. The summed E-state index contributed by atoms with van der Waals surface area (Å²) in [5.41, 5.74) is 7.84. The first-order valence-electron chi connectivity index (χ1n) is 30.5. The van der Waals surface area contributed by atoms with Crippen LogP contribution < -0.4 is 21.2 Å². The Bertz CT molecular complexity index is 2270. The third-order valence-corrected chi connectivity index (χ3v) is 16.4. The molecule has 5 aliphatic carbocycles. The van der Waals surface area contributed by atoms with Crippen molar-refractivity contribution in [2.24, 2.45) is 29.4 Å². The van der Waals surface area contributed by atoms with E-state index in [4.69, 9.17) is 39.3 Å². The van der Waals surface area contributed by atoms with E-state index in [0.29, 0.717) is 69.0 Å². The van der Waals surface area contributed by atoms with Gasteiger partial charge in [0.1, 0.15) is 19.0 Å². The number of nitrogens with one attached hydrogen (secondary N) is 2. The number of aliphatic hydroxyl groups is 1. The Hall–Kier alpha value is -4.78. The topological polar surface area (TPSA) is 200 Å². The minimum absolute atomic E-state index is 0. The second-order valence-electron chi connectivity index (χ2n) is 24.0. The molecule has 2 aromatic carbocycles. The van der Waals surface area contributed by atoms with Crippen molar-refractivity contribution in [3.63, 3.8) is 0 Å². The summed E-state index contributed by atoms with van der Waals surface area (Å²) in [6.07, 6.45) is 26.7. The number of pyridine rings is 2. The largest absolute Gasteiger partial charge is 0.490 e. The Morgan fingerprint density at radius 1 is 0.530 bits per heavy atom. The number of carbonyl (C=O) groups is 2. The van der Waals surface area contributed by atoms with Crippen molar-refractivity contribution in [3.8, 4) is 5.75 Å². The fourth-order valence-corrected chi connectivity index (χ4v) is 11.1. The summed E-state index contributed by atoms with van der Waals surface area (Å²) in [4.78, 5) is 44.6. The standard InChI is InChI=1S/C18H25NO3.C17H24N2O3.C10H19NO.C10H13NO.C5H5NO.C5H10O.2ClH/c1-14-11-17(12-14)22-16-7-9-19(10-8-16)18(20)21-13-15-5-3-2-4-6-15;18-14-10-16(11-14)22-15-6-8-19(9-7-15)17(20)21-12-13-4-2-1-3-5-13;2*1-8-6-10(7-8)12-9-2-4-11-5-3-9;7-5-1-3-6-4-2-5;1-4-2-5(6)3-4;;/h2-6,14,16-17H,7-13H2,1H3;1-5,14-16H,6-12,18H2;8-11H,2-7H2,1H3;2-5,8,10H,6-7H2,1H3;1-4H,(H,6,7);4-6H,2-3H2,1H3;2*1H. The van der Waals surface area contributed by atoms with E-state index in [1.165, 1.54) is 63.5 Å². The minimum Gasteiger partial charge on any atom is -0.490 e. The van der Waals surface area contributed by atoms with Crippen LogP contribution in [0.3, 0.4) is 0 Å². The number of likely N-dealkylation sites (tertiary alicyclic amines) is 2. The molecule has 12 rings (SSSR count). The molecular weight excluding hydrogens is 1100 g/mol. The van der Waals surface area contributed by atoms with Gasteiger partial charge in [0.05, 0.1) is 48.8 Å². The van der Waals surface area contributed by atoms with Gasteiger partial charge in [-0.15, -0.1) is 24.8 Å². The summed E-state index contributed by atoms with van der Waals surface area (Å²) >= 11 is 0. The summed E-state index contributed by atoms with van der Waals surface area (Å²) in [5, 5.41) is 12.0. The van der Waals surface area contributed by atoms with Crippen LogP contribution >= 0.6 is 24.8 Å². The molecule has 0 spiro atoms. The maximum atomic E-state index is 12.1. The number of hydrogen-bond acceptors (Lipinski definition) is 13. The molecule has 0 atom stereocenters. The Labute approximate surface area is 506 Å². The highest BCUT2D eigenvalue weighted by Crippen LogP contribution is 2.34. The summed E-state index contributed by atoms with van der Waals surface area (Å²) in [7, 11) is 0. The molecule has 2 amide bonds. The van der Waals surface area contributed by atoms with Crippen molar-refractivity contribution in [2.75, 3.05) is 39.3 Å². The number of aliphatic hydroxyl groups excluding tert-OH is 1. The first-order chi connectivity index (χ1) is 39.3. The van der Waals surface area contributed by atoms with E-state index in [-0.39, 0.29) is 54.6 Å². The quantitative estimate of drug-likeness (QED) is 0.105. The summed E-state index contributed by atoms with van der Waals surface area (Å²) in [6.45, 7) is 14.8. The summed E-state index contributed by atoms with van der Waals surface area (Å²) < 4.78 is 34.4. The van der Waals surface area contributed by atoms with Gasteiger partial charge in [-0.25, -0.2) is 9.59 Å². The monoisotopic (exact) mass is 1190 g/mol. The molecule has 83 heavy (non-hydrogen) atoms. The number of benzene rings is 2. The van der Waals surface area contributed by atoms with Gasteiger partial charge >= 0.3 is 12.2 Å². The number of H-pyrrole nitrogens is 1. The van der Waals surface area contributed by atoms with E-state index in [1.54, 1.807) is 34.6 Å². The van der Waals surface area contributed by atoms with Crippen LogP contribution in [-0.4, -0.2) is 131 Å². The molecule has 462 valence electrons. The third kappa shape index (κ3) is 26.2. The molecule has 5 N–H and O–H groups in total. The first-order valence-corrected chi connectivity index (χ1v) is 30.5. The molecule has 18 heteroatoms. The molecule has 8 aliphatic rings. The predicted octanol–water partition coefficient (Wildman–Crippen LogP) is 11.7. The van der Waals surface area contributed by atoms with Gasteiger partial charge in [0.15, 0.2) is 5.43 Å². The number of aromatic nitrogens is 2. The van der Waals surface area contributed by atoms with Crippen LogP contribution in [0.25, 0.3) is 0 Å². The van der Waals surface area contributed by atoms with Crippen molar-refractivity contribution in [3.05, 3.63) is 131 Å². The number of rotatable bonds is 12. The van der Waals surface area contributed by atoms with E-state index in [2.05, 4.69) is 43.0 Å². The van der Waals surface area contributed by atoms with Crippen molar-refractivity contribution < 1.29 is 43.1 Å². The number of amides is 2. The zero-order valence-corrected chi connectivity index (χ0v) is 51.4. The molecule has 0 unspecified atom stereocenters. The second kappa shape index (κ2) is 37.6. The van der Waals surface area contributed by atoms with Gasteiger partial charge in [0, 0.05) is 69.1 Å². The average molecular weight is 1190 g/mol. The lowest BCUT2D eigenvalue weighted by atomic mass is 9.84. The van der Waals surface area contributed by atoms with Crippen LogP contribution in [0.15, 0.2) is 115 Å². The van der Waals surface area contributed by atoms with E-state index in [0.717, 1.165) is 118 Å². The maximum absolute atomic E-state index is 12.1. The molecule has 2 aromatic heterocycles. The first kappa shape index (κ1) is 69.0. The number of ether oxygens (including phenoxy) is 6. The lowest BCUT2D eigenvalue weighted by Crippen LogP contribution is -2.46. The molecular formula is C65H98Cl2N6O10. The molecule has 5 saturated carbocycles. The normalized spacial score (nSPS) is 27.0. The zero-order valence-electron chi connectivity index (χ0n) is 49.7. The number of aromatic amines is 1. The Morgan fingerprint density at radius 3 is 1.27 bits per heavy atom. The number of nitrogens with zero attached hydrogens (tertiary/aromatic N) is 3. The number of hydrogen-bond donors (Lipinski definition) is 4. The Kier molecular flexibility index (Phi) is 31.3. The predicted molar refractivity (Wildman–Crippen MR) is 330 cm³/mol. The number of halogens is 2. The van der Waals surface area contributed by atoms with Crippen LogP contribution in [0, 0.1) is 23.7 Å². The van der Waals surface area contributed by atoms with Gasteiger partial charge in [0.2, 0.25) is 0 Å². The lowest BCUT2D eigenvalue weighted by molar-refractivity contribution is -0.0892. The molecule has 8 fully saturated rings. The van der Waals surface area contributed by atoms with Crippen LogP contribution in [0.5, 0.6) is 5.75 Å². The second-order valence-corrected chi connectivity index (χ2v) is 24.0. The molecule has 0 radical (unpaired) electrons. The maximum Gasteiger partial charge on any atom is 0.410 e. The molecule has 3 aliphatic heterocycles. The van der Waals surface area contributed by atoms with Gasteiger partial charge in [-0.1, -0.05) is 88.4 Å². The fourth-order valence-electron chi connectivity index (χ4n) is 11.1. The average Bonchev–Trinajstić information content (AvgIpc) is 3.46. The van der Waals surface area contributed by atoms with E-state index in [9.17, 15) is 14.4 Å². The number of piperidine rings is 3.